The molecule has 8 heteroatoms. The SMILES string of the molecule is O=C(COc1c2c(nc3ccccc13)-c1cccn1C2=O)c1ccc(C(F)(F)F)cc1. The number of hydrogen-bond acceptors (Lipinski definition) is 4. The fourth-order valence-corrected chi connectivity index (χ4v) is 3.65. The molecule has 2 aromatic carbocycles. The zero-order valence-electron chi connectivity index (χ0n) is 15.8. The van der Waals surface area contributed by atoms with Crippen molar-refractivity contribution in [2.75, 3.05) is 6.61 Å². The second-order valence-corrected chi connectivity index (χ2v) is 7.04. The number of Topliss-reactive ketones (excluding diaryl/α,β-unsaturated/α-hetero) is 1. The van der Waals surface area contributed by atoms with Crippen LogP contribution >= 0.6 is 0 Å². The molecule has 31 heavy (non-hydrogen) atoms. The average molecular weight is 422 g/mol. The molecular formula is C23H13F3N2O3. The van der Waals surface area contributed by atoms with Crippen LogP contribution in [0.25, 0.3) is 22.3 Å². The first-order valence-electron chi connectivity index (χ1n) is 9.33. The molecule has 154 valence electrons. The molecule has 1 aliphatic rings. The normalized spacial score (nSPS) is 12.7. The second kappa shape index (κ2) is 6.80. The summed E-state index contributed by atoms with van der Waals surface area (Å²) < 4.78 is 45.5. The van der Waals surface area contributed by atoms with Crippen molar-refractivity contribution in [1.82, 2.24) is 9.55 Å². The molecule has 3 heterocycles. The molecule has 1 aliphatic heterocycles. The number of carbonyl (C=O) groups excluding carboxylic acids is 2. The standard InChI is InChI=1S/C23H13F3N2O3/c24-23(25,26)14-9-7-13(8-10-14)18(29)12-31-21-15-4-1-2-5-16(15)27-20-17-6-3-11-28(17)22(30)19(20)21/h1-11H,12H2. The van der Waals surface area contributed by atoms with Crippen LogP contribution in [0, 0.1) is 0 Å². The van der Waals surface area contributed by atoms with Crippen LogP contribution in [0.4, 0.5) is 13.2 Å². The number of aromatic nitrogens is 2. The Bertz CT molecular complexity index is 1360. The summed E-state index contributed by atoms with van der Waals surface area (Å²) >= 11 is 0. The predicted molar refractivity (Wildman–Crippen MR) is 106 cm³/mol. The number of pyridine rings is 1. The molecular weight excluding hydrogens is 409 g/mol. The molecule has 0 unspecified atom stereocenters. The monoisotopic (exact) mass is 422 g/mol. The molecule has 0 spiro atoms. The smallest absolute Gasteiger partial charge is 0.416 e. The molecule has 0 bridgehead atoms. The van der Waals surface area contributed by atoms with Crippen molar-refractivity contribution < 1.29 is 27.5 Å². The van der Waals surface area contributed by atoms with E-state index < -0.39 is 24.1 Å². The third kappa shape index (κ3) is 3.07. The fraction of sp³-hybridized carbons (Fsp3) is 0.0870. The Morgan fingerprint density at radius 2 is 1.74 bits per heavy atom. The Morgan fingerprint density at radius 3 is 2.48 bits per heavy atom. The maximum absolute atomic E-state index is 12.9. The number of alkyl halides is 3. The van der Waals surface area contributed by atoms with Crippen LogP contribution in [0.3, 0.4) is 0 Å². The van der Waals surface area contributed by atoms with E-state index in [1.165, 1.54) is 4.57 Å². The van der Waals surface area contributed by atoms with Crippen LogP contribution < -0.4 is 4.74 Å². The average Bonchev–Trinajstić information content (AvgIpc) is 3.34. The number of ether oxygens (including phenoxy) is 1. The van der Waals surface area contributed by atoms with E-state index in [4.69, 9.17) is 4.74 Å². The molecule has 0 saturated heterocycles. The van der Waals surface area contributed by atoms with Gasteiger partial charge in [0.25, 0.3) is 5.91 Å². The number of nitrogens with zero attached hydrogens (tertiary/aromatic N) is 2. The van der Waals surface area contributed by atoms with Gasteiger partial charge >= 0.3 is 6.18 Å². The highest BCUT2D eigenvalue weighted by Gasteiger charge is 2.33. The molecule has 0 saturated carbocycles. The van der Waals surface area contributed by atoms with Crippen LogP contribution in [0.15, 0.2) is 66.9 Å². The van der Waals surface area contributed by atoms with Crippen molar-refractivity contribution in [2.45, 2.75) is 6.18 Å². The van der Waals surface area contributed by atoms with Gasteiger partial charge in [-0.3, -0.25) is 14.2 Å². The Labute approximate surface area is 173 Å². The maximum atomic E-state index is 12.9. The first-order chi connectivity index (χ1) is 14.8. The molecule has 4 aromatic rings. The summed E-state index contributed by atoms with van der Waals surface area (Å²) in [5.74, 6) is -0.590. The third-order valence-electron chi connectivity index (χ3n) is 5.15. The van der Waals surface area contributed by atoms with Gasteiger partial charge in [0.15, 0.2) is 12.4 Å². The fourth-order valence-electron chi connectivity index (χ4n) is 3.65. The molecule has 0 amide bonds. The molecule has 0 atom stereocenters. The van der Waals surface area contributed by atoms with Crippen molar-refractivity contribution in [3.05, 3.63) is 83.6 Å². The second-order valence-electron chi connectivity index (χ2n) is 7.04. The topological polar surface area (TPSA) is 61.2 Å². The Morgan fingerprint density at radius 1 is 1.00 bits per heavy atom. The lowest BCUT2D eigenvalue weighted by Crippen LogP contribution is -2.15. The zero-order valence-corrected chi connectivity index (χ0v) is 15.8. The Balaban J connectivity index is 1.50. The van der Waals surface area contributed by atoms with E-state index >= 15 is 0 Å². The van der Waals surface area contributed by atoms with Crippen molar-refractivity contribution in [3.63, 3.8) is 0 Å². The van der Waals surface area contributed by atoms with Crippen molar-refractivity contribution in [2.24, 2.45) is 0 Å². The number of carbonyl (C=O) groups is 2. The van der Waals surface area contributed by atoms with Gasteiger partial charge in [-0.2, -0.15) is 13.2 Å². The van der Waals surface area contributed by atoms with E-state index in [0.717, 1.165) is 24.3 Å². The van der Waals surface area contributed by atoms with E-state index in [1.807, 2.05) is 0 Å². The lowest BCUT2D eigenvalue weighted by molar-refractivity contribution is -0.137. The van der Waals surface area contributed by atoms with Crippen LogP contribution in [-0.2, 0) is 6.18 Å². The van der Waals surface area contributed by atoms with Gasteiger partial charge in [-0.1, -0.05) is 24.3 Å². The first kappa shape index (κ1) is 19.0. The quantitative estimate of drug-likeness (QED) is 0.383. The molecule has 0 fully saturated rings. The van der Waals surface area contributed by atoms with Crippen molar-refractivity contribution in [3.8, 4) is 17.1 Å². The number of fused-ring (bicyclic) bond motifs is 4. The van der Waals surface area contributed by atoms with Crippen LogP contribution in [0.1, 0.15) is 26.3 Å². The summed E-state index contributed by atoms with van der Waals surface area (Å²) in [7, 11) is 0. The number of para-hydroxylation sites is 1. The highest BCUT2D eigenvalue weighted by atomic mass is 19.4. The molecule has 2 aromatic heterocycles. The summed E-state index contributed by atoms with van der Waals surface area (Å²) in [4.78, 5) is 30.0. The van der Waals surface area contributed by atoms with Crippen molar-refractivity contribution in [1.29, 1.82) is 0 Å². The van der Waals surface area contributed by atoms with Gasteiger partial charge in [-0.15, -0.1) is 0 Å². The number of benzene rings is 2. The Kier molecular flexibility index (Phi) is 4.18. The number of rotatable bonds is 4. The summed E-state index contributed by atoms with van der Waals surface area (Å²) in [5, 5.41) is 0.570. The van der Waals surface area contributed by atoms with Gasteiger partial charge in [0.05, 0.1) is 16.8 Å². The highest BCUT2D eigenvalue weighted by molar-refractivity contribution is 6.13. The minimum atomic E-state index is -4.48. The molecule has 5 nitrogen and oxygen atoms in total. The minimum Gasteiger partial charge on any atom is -0.484 e. The number of ketones is 1. The predicted octanol–water partition coefficient (Wildman–Crippen LogP) is 4.99. The van der Waals surface area contributed by atoms with Gasteiger partial charge < -0.3 is 4.74 Å². The minimum absolute atomic E-state index is 0.0839. The first-order valence-corrected chi connectivity index (χ1v) is 9.33. The van der Waals surface area contributed by atoms with Crippen LogP contribution in [0.5, 0.6) is 5.75 Å². The van der Waals surface area contributed by atoms with E-state index in [9.17, 15) is 22.8 Å². The molecule has 0 aliphatic carbocycles. The van der Waals surface area contributed by atoms with Crippen LogP contribution in [-0.4, -0.2) is 27.8 Å². The molecule has 0 radical (unpaired) electrons. The highest BCUT2D eigenvalue weighted by Crippen LogP contribution is 2.40. The molecule has 0 N–H and O–H groups in total. The maximum Gasteiger partial charge on any atom is 0.416 e. The van der Waals surface area contributed by atoms with E-state index in [1.54, 1.807) is 42.6 Å². The Hall–Kier alpha value is -3.94. The lowest BCUT2D eigenvalue weighted by Gasteiger charge is -2.13. The summed E-state index contributed by atoms with van der Waals surface area (Å²) in [5.41, 5.74) is 1.20. The lowest BCUT2D eigenvalue weighted by atomic mass is 10.1. The van der Waals surface area contributed by atoms with Gasteiger partial charge in [-0.25, -0.2) is 4.98 Å². The van der Waals surface area contributed by atoms with E-state index in [0.29, 0.717) is 22.3 Å². The summed E-state index contributed by atoms with van der Waals surface area (Å²) in [6.07, 6.45) is -2.85. The van der Waals surface area contributed by atoms with E-state index in [-0.39, 0.29) is 22.8 Å². The largest absolute Gasteiger partial charge is 0.484 e. The summed E-state index contributed by atoms with van der Waals surface area (Å²) in [6, 6.07) is 14.5. The zero-order chi connectivity index (χ0) is 21.8. The number of hydrogen-bond donors (Lipinski definition) is 0. The van der Waals surface area contributed by atoms with Crippen molar-refractivity contribution >= 4 is 22.6 Å². The van der Waals surface area contributed by atoms with Gasteiger partial charge in [-0.05, 0) is 36.4 Å². The van der Waals surface area contributed by atoms with Gasteiger partial charge in [0.2, 0.25) is 0 Å². The van der Waals surface area contributed by atoms with E-state index in [2.05, 4.69) is 4.98 Å². The van der Waals surface area contributed by atoms with Gasteiger partial charge in [0.1, 0.15) is 17.0 Å². The van der Waals surface area contributed by atoms with Gasteiger partial charge in [0, 0.05) is 17.1 Å². The number of halogens is 3. The molecule has 5 rings (SSSR count). The summed E-state index contributed by atoms with van der Waals surface area (Å²) in [6.45, 7) is -0.437. The third-order valence-corrected chi connectivity index (χ3v) is 5.15. The van der Waals surface area contributed by atoms with Crippen LogP contribution in [0.2, 0.25) is 0 Å².